The molecular weight excluding hydrogens is 324 g/mol. The molecule has 0 radical (unpaired) electrons. The fourth-order valence-corrected chi connectivity index (χ4v) is 3.64. The van der Waals surface area contributed by atoms with E-state index in [0.717, 1.165) is 17.1 Å². The average Bonchev–Trinajstić information content (AvgIpc) is 3.01. The lowest BCUT2D eigenvalue weighted by Crippen LogP contribution is -2.33. The van der Waals surface area contributed by atoms with Gasteiger partial charge >= 0.3 is 6.03 Å². The highest BCUT2D eigenvalue weighted by atomic mass is 16.5. The van der Waals surface area contributed by atoms with E-state index in [1.54, 1.807) is 7.11 Å². The molecule has 4 heteroatoms. The number of amides is 2. The van der Waals surface area contributed by atoms with E-state index in [4.69, 9.17) is 4.74 Å². The summed E-state index contributed by atoms with van der Waals surface area (Å²) in [5.74, 6) is 1.44. The molecule has 1 aliphatic rings. The van der Waals surface area contributed by atoms with Gasteiger partial charge in [0, 0.05) is 13.1 Å². The Labute approximate surface area is 156 Å². The summed E-state index contributed by atoms with van der Waals surface area (Å²) in [5.41, 5.74) is 4.37. The number of nitrogens with zero attached hydrogens (tertiary/aromatic N) is 2. The maximum atomic E-state index is 13.3. The van der Waals surface area contributed by atoms with Gasteiger partial charge in [0.2, 0.25) is 0 Å². The number of hydrogen-bond donors (Lipinski definition) is 0. The maximum absolute atomic E-state index is 13.3. The van der Waals surface area contributed by atoms with Gasteiger partial charge < -0.3 is 4.74 Å². The van der Waals surface area contributed by atoms with Crippen molar-refractivity contribution in [2.24, 2.45) is 0 Å². The summed E-state index contributed by atoms with van der Waals surface area (Å²) in [6.07, 6.45) is 0. The van der Waals surface area contributed by atoms with E-state index < -0.39 is 0 Å². The van der Waals surface area contributed by atoms with Crippen LogP contribution in [0.25, 0.3) is 0 Å². The monoisotopic (exact) mass is 352 g/mol. The number of methoxy groups -OCH3 is 1. The predicted molar refractivity (Wildman–Crippen MR) is 108 cm³/mol. The SMILES string of the molecule is COc1ccccc1N1CCN(c2c(C(C)C)cccc2C(C)C)C1=O. The molecule has 1 fully saturated rings. The van der Waals surface area contributed by atoms with Crippen molar-refractivity contribution in [3.8, 4) is 5.75 Å². The van der Waals surface area contributed by atoms with Crippen LogP contribution in [0.3, 0.4) is 0 Å². The molecule has 1 heterocycles. The van der Waals surface area contributed by atoms with Crippen molar-refractivity contribution in [3.05, 3.63) is 53.6 Å². The van der Waals surface area contributed by atoms with E-state index in [9.17, 15) is 4.79 Å². The lowest BCUT2D eigenvalue weighted by Gasteiger charge is -2.27. The van der Waals surface area contributed by atoms with Crippen LogP contribution in [-0.4, -0.2) is 26.2 Å². The molecule has 4 nitrogen and oxygen atoms in total. The molecular formula is C22H28N2O2. The van der Waals surface area contributed by atoms with Crippen molar-refractivity contribution in [2.45, 2.75) is 39.5 Å². The third-order valence-corrected chi connectivity index (χ3v) is 5.00. The zero-order valence-electron chi connectivity index (χ0n) is 16.3. The summed E-state index contributed by atoms with van der Waals surface area (Å²) in [6, 6.07) is 14.1. The molecule has 1 aliphatic heterocycles. The van der Waals surface area contributed by atoms with Gasteiger partial charge in [-0.2, -0.15) is 0 Å². The second kappa shape index (κ2) is 7.40. The zero-order valence-corrected chi connectivity index (χ0v) is 16.3. The summed E-state index contributed by atoms with van der Waals surface area (Å²) in [4.78, 5) is 17.1. The number of urea groups is 1. The molecule has 0 atom stereocenters. The summed E-state index contributed by atoms with van der Waals surface area (Å²) in [5, 5.41) is 0. The van der Waals surface area contributed by atoms with Crippen molar-refractivity contribution < 1.29 is 9.53 Å². The molecule has 0 aliphatic carbocycles. The Morgan fingerprint density at radius 2 is 1.42 bits per heavy atom. The Morgan fingerprint density at radius 3 is 2.00 bits per heavy atom. The lowest BCUT2D eigenvalue weighted by molar-refractivity contribution is 0.255. The third-order valence-electron chi connectivity index (χ3n) is 5.00. The van der Waals surface area contributed by atoms with Crippen LogP contribution in [-0.2, 0) is 0 Å². The quantitative estimate of drug-likeness (QED) is 0.723. The molecule has 0 aromatic heterocycles. The van der Waals surface area contributed by atoms with Gasteiger partial charge in [-0.15, -0.1) is 0 Å². The van der Waals surface area contributed by atoms with Crippen LogP contribution in [0.5, 0.6) is 5.75 Å². The molecule has 0 spiro atoms. The molecule has 138 valence electrons. The molecule has 2 amide bonds. The number of carbonyl (C=O) groups is 1. The number of benzene rings is 2. The number of ether oxygens (including phenoxy) is 1. The normalized spacial score (nSPS) is 14.7. The Hall–Kier alpha value is -2.49. The highest BCUT2D eigenvalue weighted by Crippen LogP contribution is 2.39. The van der Waals surface area contributed by atoms with Gasteiger partial charge in [0.05, 0.1) is 18.5 Å². The van der Waals surface area contributed by atoms with Gasteiger partial charge in [0.1, 0.15) is 5.75 Å². The van der Waals surface area contributed by atoms with Crippen molar-refractivity contribution in [1.82, 2.24) is 0 Å². The molecule has 0 N–H and O–H groups in total. The van der Waals surface area contributed by atoms with E-state index >= 15 is 0 Å². The Kier molecular flexibility index (Phi) is 5.21. The first kappa shape index (κ1) is 18.3. The van der Waals surface area contributed by atoms with E-state index in [1.165, 1.54) is 11.1 Å². The fourth-order valence-electron chi connectivity index (χ4n) is 3.64. The molecule has 0 saturated carbocycles. The number of hydrogen-bond acceptors (Lipinski definition) is 2. The van der Waals surface area contributed by atoms with Crippen LogP contribution in [0.2, 0.25) is 0 Å². The summed E-state index contributed by atoms with van der Waals surface area (Å²) < 4.78 is 5.46. The van der Waals surface area contributed by atoms with Gasteiger partial charge in [-0.05, 0) is 35.1 Å². The van der Waals surface area contributed by atoms with Crippen LogP contribution in [0.1, 0.15) is 50.7 Å². The smallest absolute Gasteiger partial charge is 0.329 e. The minimum absolute atomic E-state index is 0.0181. The average molecular weight is 352 g/mol. The summed E-state index contributed by atoms with van der Waals surface area (Å²) in [7, 11) is 1.64. The Balaban J connectivity index is 2.04. The largest absolute Gasteiger partial charge is 0.495 e. The number of carbonyl (C=O) groups excluding carboxylic acids is 1. The third kappa shape index (κ3) is 3.16. The first-order valence-corrected chi connectivity index (χ1v) is 9.30. The van der Waals surface area contributed by atoms with Gasteiger partial charge in [-0.1, -0.05) is 58.0 Å². The van der Waals surface area contributed by atoms with E-state index in [2.05, 4.69) is 45.9 Å². The van der Waals surface area contributed by atoms with Gasteiger partial charge in [0.25, 0.3) is 0 Å². The van der Waals surface area contributed by atoms with Gasteiger partial charge in [-0.25, -0.2) is 4.79 Å². The molecule has 3 rings (SSSR count). The fraction of sp³-hybridized carbons (Fsp3) is 0.409. The summed E-state index contributed by atoms with van der Waals surface area (Å²) >= 11 is 0. The second-order valence-electron chi connectivity index (χ2n) is 7.35. The number of rotatable bonds is 5. The van der Waals surface area contributed by atoms with Gasteiger partial charge in [0.15, 0.2) is 0 Å². The van der Waals surface area contributed by atoms with Crippen LogP contribution in [0.15, 0.2) is 42.5 Å². The molecule has 26 heavy (non-hydrogen) atoms. The first-order valence-electron chi connectivity index (χ1n) is 9.30. The topological polar surface area (TPSA) is 32.8 Å². The van der Waals surface area contributed by atoms with Gasteiger partial charge in [-0.3, -0.25) is 9.80 Å². The minimum atomic E-state index is 0.0181. The highest BCUT2D eigenvalue weighted by molar-refractivity contribution is 6.07. The van der Waals surface area contributed by atoms with Crippen molar-refractivity contribution >= 4 is 17.4 Å². The predicted octanol–water partition coefficient (Wildman–Crippen LogP) is 5.39. The molecule has 1 saturated heterocycles. The second-order valence-corrected chi connectivity index (χ2v) is 7.35. The minimum Gasteiger partial charge on any atom is -0.495 e. The van der Waals surface area contributed by atoms with E-state index in [-0.39, 0.29) is 6.03 Å². The van der Waals surface area contributed by atoms with Crippen LogP contribution < -0.4 is 14.5 Å². The molecule has 0 bridgehead atoms. The standard InChI is InChI=1S/C22H28N2O2/c1-15(2)17-9-8-10-18(16(3)4)21(17)24-14-13-23(22(24)25)19-11-6-7-12-20(19)26-5/h6-12,15-16H,13-14H2,1-5H3. The van der Waals surface area contributed by atoms with E-state index in [0.29, 0.717) is 24.9 Å². The molecule has 0 unspecified atom stereocenters. The summed E-state index contributed by atoms with van der Waals surface area (Å²) in [6.45, 7) is 10.1. The first-order chi connectivity index (χ1) is 12.5. The number of para-hydroxylation sites is 3. The maximum Gasteiger partial charge on any atom is 0.329 e. The van der Waals surface area contributed by atoms with Crippen molar-refractivity contribution in [1.29, 1.82) is 0 Å². The van der Waals surface area contributed by atoms with Crippen LogP contribution in [0.4, 0.5) is 16.2 Å². The highest BCUT2D eigenvalue weighted by Gasteiger charge is 2.35. The van der Waals surface area contributed by atoms with Crippen LogP contribution in [0, 0.1) is 0 Å². The molecule has 2 aromatic rings. The Bertz CT molecular complexity index is 772. The lowest BCUT2D eigenvalue weighted by atomic mass is 9.92. The van der Waals surface area contributed by atoms with Crippen molar-refractivity contribution in [2.75, 3.05) is 30.0 Å². The number of anilines is 2. The zero-order chi connectivity index (χ0) is 18.8. The molecule has 2 aromatic carbocycles. The Morgan fingerprint density at radius 1 is 0.846 bits per heavy atom. The van der Waals surface area contributed by atoms with Crippen LogP contribution >= 0.6 is 0 Å². The van der Waals surface area contributed by atoms with E-state index in [1.807, 2.05) is 34.1 Å². The van der Waals surface area contributed by atoms with Crippen molar-refractivity contribution in [3.63, 3.8) is 0 Å².